The fourth-order valence-corrected chi connectivity index (χ4v) is 2.49. The maximum atomic E-state index is 11.2. The molecule has 0 radical (unpaired) electrons. The second-order valence-electron chi connectivity index (χ2n) is 6.95. The zero-order valence-electron chi connectivity index (χ0n) is 13.0. The summed E-state index contributed by atoms with van der Waals surface area (Å²) in [5.41, 5.74) is -0.00400. The van der Waals surface area contributed by atoms with Crippen LogP contribution < -0.4 is 4.74 Å². The van der Waals surface area contributed by atoms with Crippen molar-refractivity contribution in [2.75, 3.05) is 6.61 Å². The first kappa shape index (κ1) is 16.8. The van der Waals surface area contributed by atoms with Gasteiger partial charge in [-0.3, -0.25) is 10.1 Å². The molecule has 0 bridgehead atoms. The van der Waals surface area contributed by atoms with Gasteiger partial charge in [-0.1, -0.05) is 41.5 Å². The molecule has 1 rings (SSSR count). The summed E-state index contributed by atoms with van der Waals surface area (Å²) in [6.45, 7) is 12.8. The van der Waals surface area contributed by atoms with Crippen molar-refractivity contribution in [3.8, 4) is 5.75 Å². The molecule has 0 aliphatic heterocycles. The van der Waals surface area contributed by atoms with Gasteiger partial charge in [0.2, 0.25) is 0 Å². The normalized spacial score (nSPS) is 12.3. The predicted molar refractivity (Wildman–Crippen MR) is 83.7 cm³/mol. The number of hydrogen-bond donors (Lipinski definition) is 0. The van der Waals surface area contributed by atoms with Crippen molar-refractivity contribution in [3.63, 3.8) is 0 Å². The summed E-state index contributed by atoms with van der Waals surface area (Å²) >= 11 is 1.60. The Morgan fingerprint density at radius 1 is 1.20 bits per heavy atom. The summed E-state index contributed by atoms with van der Waals surface area (Å²) in [5, 5.41) is 11.2. The van der Waals surface area contributed by atoms with E-state index in [1.54, 1.807) is 23.9 Å². The van der Waals surface area contributed by atoms with Gasteiger partial charge in [-0.15, -0.1) is 11.8 Å². The third kappa shape index (κ3) is 5.82. The molecule has 112 valence electrons. The van der Waals surface area contributed by atoms with Crippen molar-refractivity contribution < 1.29 is 9.66 Å². The Morgan fingerprint density at radius 3 is 2.25 bits per heavy atom. The molecule has 0 amide bonds. The van der Waals surface area contributed by atoms with Crippen LogP contribution >= 0.6 is 11.8 Å². The van der Waals surface area contributed by atoms with E-state index in [4.69, 9.17) is 4.74 Å². The minimum Gasteiger partial charge on any atom is -0.486 e. The second-order valence-corrected chi connectivity index (χ2v) is 8.85. The molecule has 0 aliphatic carbocycles. The van der Waals surface area contributed by atoms with Crippen molar-refractivity contribution in [2.24, 2.45) is 5.41 Å². The van der Waals surface area contributed by atoms with Gasteiger partial charge in [0.15, 0.2) is 5.75 Å². The first-order valence-corrected chi connectivity index (χ1v) is 7.40. The van der Waals surface area contributed by atoms with Crippen LogP contribution in [-0.4, -0.2) is 16.3 Å². The Morgan fingerprint density at radius 2 is 1.80 bits per heavy atom. The minimum atomic E-state index is -0.384. The van der Waals surface area contributed by atoms with Crippen LogP contribution in [0, 0.1) is 15.5 Å². The average Bonchev–Trinajstić information content (AvgIpc) is 2.23. The van der Waals surface area contributed by atoms with E-state index in [1.807, 2.05) is 26.8 Å². The highest BCUT2D eigenvalue weighted by Crippen LogP contribution is 2.37. The standard InChI is InChI=1S/C15H23NO3S/c1-14(2,3)10-19-13-8-7-11(20-15(4,5)6)9-12(13)16(17)18/h7-9H,10H2,1-6H3. The second kappa shape index (κ2) is 6.04. The lowest BCUT2D eigenvalue weighted by Crippen LogP contribution is -2.17. The Balaban J connectivity index is 2.99. The van der Waals surface area contributed by atoms with E-state index in [1.165, 1.54) is 0 Å². The Labute approximate surface area is 125 Å². The van der Waals surface area contributed by atoms with E-state index in [-0.39, 0.29) is 20.8 Å². The molecule has 4 nitrogen and oxygen atoms in total. The molecule has 0 saturated heterocycles. The van der Waals surface area contributed by atoms with Crippen LogP contribution in [0.15, 0.2) is 23.1 Å². The van der Waals surface area contributed by atoms with E-state index in [9.17, 15) is 10.1 Å². The van der Waals surface area contributed by atoms with Crippen molar-refractivity contribution in [2.45, 2.75) is 51.2 Å². The van der Waals surface area contributed by atoms with E-state index in [0.717, 1.165) is 4.90 Å². The van der Waals surface area contributed by atoms with Crippen molar-refractivity contribution in [1.82, 2.24) is 0 Å². The molecule has 0 fully saturated rings. The maximum absolute atomic E-state index is 11.2. The van der Waals surface area contributed by atoms with Gasteiger partial charge in [-0.25, -0.2) is 0 Å². The van der Waals surface area contributed by atoms with Crippen molar-refractivity contribution >= 4 is 17.4 Å². The van der Waals surface area contributed by atoms with Gasteiger partial charge >= 0.3 is 5.69 Å². The van der Waals surface area contributed by atoms with E-state index in [2.05, 4.69) is 20.8 Å². The molecule has 0 spiro atoms. The SMILES string of the molecule is CC(C)(C)COc1ccc(SC(C)(C)C)cc1[N+](=O)[O-]. The lowest BCUT2D eigenvalue weighted by molar-refractivity contribution is -0.386. The van der Waals surface area contributed by atoms with Crippen LogP contribution in [0.3, 0.4) is 0 Å². The number of ether oxygens (including phenoxy) is 1. The summed E-state index contributed by atoms with van der Waals surface area (Å²) in [5.74, 6) is 0.336. The largest absolute Gasteiger partial charge is 0.486 e. The molecule has 20 heavy (non-hydrogen) atoms. The topological polar surface area (TPSA) is 52.4 Å². The third-order valence-corrected chi connectivity index (χ3v) is 3.31. The third-order valence-electron chi connectivity index (χ3n) is 2.21. The van der Waals surface area contributed by atoms with Gasteiger partial charge in [-0.05, 0) is 17.5 Å². The fraction of sp³-hybridized carbons (Fsp3) is 0.600. The molecule has 5 heteroatoms. The number of thioether (sulfide) groups is 1. The zero-order chi connectivity index (χ0) is 15.6. The van der Waals surface area contributed by atoms with Crippen LogP contribution in [0.5, 0.6) is 5.75 Å². The molecule has 0 atom stereocenters. The van der Waals surface area contributed by atoms with Gasteiger partial charge in [0, 0.05) is 15.7 Å². The van der Waals surface area contributed by atoms with Crippen LogP contribution in [0.4, 0.5) is 5.69 Å². The van der Waals surface area contributed by atoms with Gasteiger partial charge in [-0.2, -0.15) is 0 Å². The van der Waals surface area contributed by atoms with Gasteiger partial charge < -0.3 is 4.74 Å². The Hall–Kier alpha value is -1.23. The lowest BCUT2D eigenvalue weighted by Gasteiger charge is -2.20. The molecule has 0 heterocycles. The highest BCUT2D eigenvalue weighted by molar-refractivity contribution is 8.00. The van der Waals surface area contributed by atoms with E-state index in [0.29, 0.717) is 12.4 Å². The molecular formula is C15H23NO3S. The molecule has 0 N–H and O–H groups in total. The molecular weight excluding hydrogens is 274 g/mol. The Kier molecular flexibility index (Phi) is 5.08. The van der Waals surface area contributed by atoms with Gasteiger partial charge in [0.05, 0.1) is 11.5 Å². The minimum absolute atomic E-state index is 0.0155. The predicted octanol–water partition coefficient (Wildman–Crippen LogP) is 4.91. The van der Waals surface area contributed by atoms with Crippen LogP contribution in [0.1, 0.15) is 41.5 Å². The number of hydrogen-bond acceptors (Lipinski definition) is 4. The van der Waals surface area contributed by atoms with Gasteiger partial charge in [0.1, 0.15) is 0 Å². The number of nitro benzene ring substituents is 1. The molecule has 0 unspecified atom stereocenters. The van der Waals surface area contributed by atoms with Gasteiger partial charge in [0.25, 0.3) is 0 Å². The maximum Gasteiger partial charge on any atom is 0.312 e. The number of nitrogens with zero attached hydrogens (tertiary/aromatic N) is 1. The average molecular weight is 297 g/mol. The van der Waals surface area contributed by atoms with Crippen molar-refractivity contribution in [3.05, 3.63) is 28.3 Å². The van der Waals surface area contributed by atoms with Crippen LogP contribution in [0.2, 0.25) is 0 Å². The zero-order valence-corrected chi connectivity index (χ0v) is 13.8. The summed E-state index contributed by atoms with van der Waals surface area (Å²) in [7, 11) is 0. The number of nitro groups is 1. The summed E-state index contributed by atoms with van der Waals surface area (Å²) in [6.07, 6.45) is 0. The summed E-state index contributed by atoms with van der Waals surface area (Å²) < 4.78 is 5.61. The number of benzene rings is 1. The summed E-state index contributed by atoms with van der Waals surface area (Å²) in [6, 6.07) is 5.16. The Bertz CT molecular complexity index is 487. The van der Waals surface area contributed by atoms with Crippen LogP contribution in [-0.2, 0) is 0 Å². The monoisotopic (exact) mass is 297 g/mol. The molecule has 1 aromatic rings. The lowest BCUT2D eigenvalue weighted by atomic mass is 9.99. The first-order chi connectivity index (χ1) is 8.98. The highest BCUT2D eigenvalue weighted by Gasteiger charge is 2.21. The first-order valence-electron chi connectivity index (χ1n) is 6.58. The fourth-order valence-electron chi connectivity index (χ4n) is 1.47. The smallest absolute Gasteiger partial charge is 0.312 e. The number of rotatable bonds is 4. The molecule has 0 aliphatic rings. The quantitative estimate of drug-likeness (QED) is 0.450. The highest BCUT2D eigenvalue weighted by atomic mass is 32.2. The van der Waals surface area contributed by atoms with Crippen LogP contribution in [0.25, 0.3) is 0 Å². The van der Waals surface area contributed by atoms with E-state index < -0.39 is 0 Å². The summed E-state index contributed by atoms with van der Waals surface area (Å²) in [4.78, 5) is 11.7. The van der Waals surface area contributed by atoms with E-state index >= 15 is 0 Å². The van der Waals surface area contributed by atoms with Crippen molar-refractivity contribution in [1.29, 1.82) is 0 Å². The molecule has 1 aromatic carbocycles. The molecule has 0 aromatic heterocycles. The molecule has 0 saturated carbocycles.